The van der Waals surface area contributed by atoms with Crippen molar-refractivity contribution in [2.45, 2.75) is 78.7 Å². The zero-order valence-corrected chi connectivity index (χ0v) is 13.9. The second-order valence-corrected chi connectivity index (χ2v) is 7.37. The Bertz CT molecular complexity index is 357. The van der Waals surface area contributed by atoms with E-state index in [9.17, 15) is 9.59 Å². The zero-order valence-electron chi connectivity index (χ0n) is 13.9. The molecule has 1 rings (SSSR count). The molecule has 0 bridgehead atoms. The van der Waals surface area contributed by atoms with Gasteiger partial charge in [0.1, 0.15) is 0 Å². The van der Waals surface area contributed by atoms with E-state index in [0.29, 0.717) is 11.8 Å². The lowest BCUT2D eigenvalue weighted by molar-refractivity contribution is -0.138. The highest BCUT2D eigenvalue weighted by Gasteiger charge is 2.32. The highest BCUT2D eigenvalue weighted by Crippen LogP contribution is 2.40. The van der Waals surface area contributed by atoms with E-state index in [1.165, 1.54) is 19.3 Å². The number of carboxylic acid groups (broad SMARTS) is 1. The van der Waals surface area contributed by atoms with Gasteiger partial charge in [0.05, 0.1) is 0 Å². The topological polar surface area (TPSA) is 66.4 Å². The standard InChI is InChI=1S/C17H31NO3/c1-5-17(3,4)13-6-8-14(9-7-13)18-15(19)10-12(2)11-16(20)21/h12-14H,5-11H2,1-4H3,(H,18,19)(H,20,21). The maximum atomic E-state index is 11.9. The summed E-state index contributed by atoms with van der Waals surface area (Å²) in [5.74, 6) is -0.181. The van der Waals surface area contributed by atoms with Crippen LogP contribution < -0.4 is 5.32 Å². The molecular weight excluding hydrogens is 266 g/mol. The lowest BCUT2D eigenvalue weighted by Gasteiger charge is -2.39. The van der Waals surface area contributed by atoms with Gasteiger partial charge in [-0.1, -0.05) is 34.1 Å². The molecule has 0 spiro atoms. The largest absolute Gasteiger partial charge is 0.481 e. The molecule has 122 valence electrons. The van der Waals surface area contributed by atoms with Crippen molar-refractivity contribution in [2.75, 3.05) is 0 Å². The Balaban J connectivity index is 2.32. The maximum absolute atomic E-state index is 11.9. The smallest absolute Gasteiger partial charge is 0.303 e. The van der Waals surface area contributed by atoms with E-state index in [2.05, 4.69) is 26.1 Å². The number of carboxylic acids is 1. The average Bonchev–Trinajstić information content (AvgIpc) is 2.38. The van der Waals surface area contributed by atoms with Crippen molar-refractivity contribution in [3.8, 4) is 0 Å². The Labute approximate surface area is 128 Å². The molecule has 1 aliphatic carbocycles. The average molecular weight is 297 g/mol. The molecule has 1 saturated carbocycles. The van der Waals surface area contributed by atoms with Crippen LogP contribution in [0.4, 0.5) is 0 Å². The summed E-state index contributed by atoms with van der Waals surface area (Å²) < 4.78 is 0. The van der Waals surface area contributed by atoms with Crippen LogP contribution in [0.2, 0.25) is 0 Å². The number of rotatable bonds is 7. The molecule has 1 unspecified atom stereocenters. The van der Waals surface area contributed by atoms with E-state index in [1.807, 2.05) is 6.92 Å². The summed E-state index contributed by atoms with van der Waals surface area (Å²) in [6.45, 7) is 8.74. The molecule has 0 aromatic rings. The molecule has 21 heavy (non-hydrogen) atoms. The van der Waals surface area contributed by atoms with Gasteiger partial charge in [-0.15, -0.1) is 0 Å². The van der Waals surface area contributed by atoms with Gasteiger partial charge in [-0.25, -0.2) is 0 Å². The molecule has 1 fully saturated rings. The Kier molecular flexibility index (Phi) is 6.69. The van der Waals surface area contributed by atoms with Crippen LogP contribution in [0.3, 0.4) is 0 Å². The highest BCUT2D eigenvalue weighted by molar-refractivity contribution is 5.77. The van der Waals surface area contributed by atoms with E-state index < -0.39 is 5.97 Å². The highest BCUT2D eigenvalue weighted by atomic mass is 16.4. The van der Waals surface area contributed by atoms with Crippen LogP contribution in [0.5, 0.6) is 0 Å². The summed E-state index contributed by atoms with van der Waals surface area (Å²) in [5, 5.41) is 11.8. The first kappa shape index (κ1) is 18.0. The molecule has 4 nitrogen and oxygen atoms in total. The van der Waals surface area contributed by atoms with Gasteiger partial charge < -0.3 is 10.4 Å². The van der Waals surface area contributed by atoms with Crippen molar-refractivity contribution < 1.29 is 14.7 Å². The predicted molar refractivity (Wildman–Crippen MR) is 84.0 cm³/mol. The number of aliphatic carboxylic acids is 1. The monoisotopic (exact) mass is 297 g/mol. The minimum absolute atomic E-state index is 0.00181. The Morgan fingerprint density at radius 2 is 1.76 bits per heavy atom. The maximum Gasteiger partial charge on any atom is 0.303 e. The molecule has 4 heteroatoms. The number of carbonyl (C=O) groups is 2. The Hall–Kier alpha value is -1.06. The Morgan fingerprint density at radius 1 is 1.19 bits per heavy atom. The fraction of sp³-hybridized carbons (Fsp3) is 0.882. The van der Waals surface area contributed by atoms with Gasteiger partial charge in [0.15, 0.2) is 0 Å². The minimum atomic E-state index is -0.836. The van der Waals surface area contributed by atoms with Crippen molar-refractivity contribution in [3.05, 3.63) is 0 Å². The van der Waals surface area contributed by atoms with Crippen LogP contribution in [-0.2, 0) is 9.59 Å². The van der Waals surface area contributed by atoms with Crippen LogP contribution in [0.1, 0.15) is 72.6 Å². The van der Waals surface area contributed by atoms with Gasteiger partial charge >= 0.3 is 5.97 Å². The van der Waals surface area contributed by atoms with E-state index >= 15 is 0 Å². The van der Waals surface area contributed by atoms with Gasteiger partial charge in [-0.3, -0.25) is 9.59 Å². The number of hydrogen-bond donors (Lipinski definition) is 2. The fourth-order valence-corrected chi connectivity index (χ4v) is 3.28. The summed E-state index contributed by atoms with van der Waals surface area (Å²) in [6, 6.07) is 0.276. The normalized spacial score (nSPS) is 24.4. The molecule has 0 aliphatic heterocycles. The van der Waals surface area contributed by atoms with Crippen LogP contribution in [0.15, 0.2) is 0 Å². The number of hydrogen-bond acceptors (Lipinski definition) is 2. The summed E-state index contributed by atoms with van der Waals surface area (Å²) in [6.07, 6.45) is 6.02. The van der Waals surface area contributed by atoms with E-state index in [1.54, 1.807) is 0 Å². The fourth-order valence-electron chi connectivity index (χ4n) is 3.28. The molecule has 0 aromatic carbocycles. The summed E-state index contributed by atoms with van der Waals surface area (Å²) in [7, 11) is 0. The van der Waals surface area contributed by atoms with Crippen molar-refractivity contribution in [1.29, 1.82) is 0 Å². The SMILES string of the molecule is CCC(C)(C)C1CCC(NC(=O)CC(C)CC(=O)O)CC1. The quantitative estimate of drug-likeness (QED) is 0.754. The Morgan fingerprint density at radius 3 is 2.24 bits per heavy atom. The molecule has 0 aromatic heterocycles. The van der Waals surface area contributed by atoms with E-state index in [0.717, 1.165) is 18.8 Å². The van der Waals surface area contributed by atoms with E-state index in [-0.39, 0.29) is 24.3 Å². The molecule has 1 atom stereocenters. The van der Waals surface area contributed by atoms with Crippen molar-refractivity contribution in [2.24, 2.45) is 17.3 Å². The molecule has 1 aliphatic rings. The van der Waals surface area contributed by atoms with Crippen LogP contribution in [0.25, 0.3) is 0 Å². The molecule has 0 radical (unpaired) electrons. The first-order valence-electron chi connectivity index (χ1n) is 8.25. The first-order chi connectivity index (χ1) is 9.74. The summed E-state index contributed by atoms with van der Waals surface area (Å²) in [4.78, 5) is 22.5. The number of carbonyl (C=O) groups excluding carboxylic acids is 1. The second kappa shape index (κ2) is 7.81. The van der Waals surface area contributed by atoms with Crippen molar-refractivity contribution >= 4 is 11.9 Å². The lowest BCUT2D eigenvalue weighted by Crippen LogP contribution is -2.40. The van der Waals surface area contributed by atoms with Gasteiger partial charge in [0.25, 0.3) is 0 Å². The predicted octanol–water partition coefficient (Wildman–Crippen LogP) is 3.60. The zero-order chi connectivity index (χ0) is 16.0. The molecule has 0 heterocycles. The number of nitrogens with one attached hydrogen (secondary N) is 1. The van der Waals surface area contributed by atoms with Gasteiger partial charge in [-0.05, 0) is 42.9 Å². The van der Waals surface area contributed by atoms with Gasteiger partial charge in [-0.2, -0.15) is 0 Å². The summed E-state index contributed by atoms with van der Waals surface area (Å²) in [5.41, 5.74) is 0.394. The molecule has 1 amide bonds. The van der Waals surface area contributed by atoms with Crippen LogP contribution in [-0.4, -0.2) is 23.0 Å². The lowest BCUT2D eigenvalue weighted by atomic mass is 9.69. The van der Waals surface area contributed by atoms with Crippen molar-refractivity contribution in [1.82, 2.24) is 5.32 Å². The van der Waals surface area contributed by atoms with E-state index in [4.69, 9.17) is 5.11 Å². The first-order valence-corrected chi connectivity index (χ1v) is 8.25. The van der Waals surface area contributed by atoms with Crippen LogP contribution >= 0.6 is 0 Å². The molecule has 2 N–H and O–H groups in total. The van der Waals surface area contributed by atoms with Gasteiger partial charge in [0, 0.05) is 18.9 Å². The molecular formula is C17H31NO3. The third kappa shape index (κ3) is 6.06. The van der Waals surface area contributed by atoms with Crippen LogP contribution in [0, 0.1) is 17.3 Å². The minimum Gasteiger partial charge on any atom is -0.481 e. The molecule has 0 saturated heterocycles. The third-order valence-corrected chi connectivity index (χ3v) is 5.17. The summed E-state index contributed by atoms with van der Waals surface area (Å²) >= 11 is 0. The number of amides is 1. The van der Waals surface area contributed by atoms with Crippen molar-refractivity contribution in [3.63, 3.8) is 0 Å². The second-order valence-electron chi connectivity index (χ2n) is 7.37. The van der Waals surface area contributed by atoms with Gasteiger partial charge in [0.2, 0.25) is 5.91 Å². The third-order valence-electron chi connectivity index (χ3n) is 5.17.